The molecule has 0 aliphatic carbocycles. The number of carbonyl (C=O) groups is 1. The highest BCUT2D eigenvalue weighted by Gasteiger charge is 2.17. The fourth-order valence-corrected chi connectivity index (χ4v) is 3.34. The lowest BCUT2D eigenvalue weighted by molar-refractivity contribution is 0.104. The van der Waals surface area contributed by atoms with Gasteiger partial charge >= 0.3 is 0 Å². The molecule has 1 aromatic heterocycles. The maximum absolute atomic E-state index is 13.1. The molecule has 152 valence electrons. The van der Waals surface area contributed by atoms with Gasteiger partial charge in [-0.25, -0.2) is 0 Å². The Bertz CT molecular complexity index is 1360. The first-order valence-electron chi connectivity index (χ1n) is 9.49. The molecule has 5 heteroatoms. The minimum Gasteiger partial charge on any atom is -0.456 e. The van der Waals surface area contributed by atoms with E-state index in [0.29, 0.717) is 21.0 Å². The summed E-state index contributed by atoms with van der Waals surface area (Å²) in [5.41, 5.74) is 1.68. The van der Waals surface area contributed by atoms with Crippen molar-refractivity contribution in [2.45, 2.75) is 0 Å². The van der Waals surface area contributed by atoms with E-state index < -0.39 is 5.78 Å². The molecule has 0 saturated heterocycles. The molecule has 0 unspecified atom stereocenters. The number of halogens is 2. The number of rotatable bonds is 5. The van der Waals surface area contributed by atoms with E-state index in [0.717, 1.165) is 11.1 Å². The predicted molar refractivity (Wildman–Crippen MR) is 128 cm³/mol. The number of allylic oxidation sites excluding steroid dienone is 1. The van der Waals surface area contributed by atoms with Gasteiger partial charge in [0.25, 0.3) is 0 Å². The van der Waals surface area contributed by atoms with Crippen molar-refractivity contribution in [1.29, 1.82) is 0 Å². The maximum atomic E-state index is 13.1. The molecule has 3 aromatic carbocycles. The summed E-state index contributed by atoms with van der Waals surface area (Å²) in [6.07, 6.45) is 6.40. The van der Waals surface area contributed by atoms with E-state index in [2.05, 4.69) is 0 Å². The molecule has 0 amide bonds. The van der Waals surface area contributed by atoms with Gasteiger partial charge in [0, 0.05) is 10.0 Å². The smallest absolute Gasteiger partial charge is 0.204 e. The molecule has 0 aliphatic rings. The molecule has 0 saturated carbocycles. The molecule has 3 nitrogen and oxygen atoms in total. The summed E-state index contributed by atoms with van der Waals surface area (Å²) in [5, 5.41) is 1.58. The first-order valence-corrected chi connectivity index (χ1v) is 10.2. The minimum absolute atomic E-state index is 0.0193. The molecule has 4 rings (SSSR count). The average molecular weight is 447 g/mol. The number of fused-ring (bicyclic) bond motifs is 1. The van der Waals surface area contributed by atoms with Crippen molar-refractivity contribution in [2.75, 3.05) is 0 Å². The lowest BCUT2D eigenvalue weighted by Crippen LogP contribution is -2.15. The molecule has 31 heavy (non-hydrogen) atoms. The van der Waals surface area contributed by atoms with Crippen molar-refractivity contribution >= 4 is 58.2 Å². The van der Waals surface area contributed by atoms with Gasteiger partial charge in [0.15, 0.2) is 5.78 Å². The molecule has 0 bridgehead atoms. The van der Waals surface area contributed by atoms with Crippen LogP contribution in [0.5, 0.6) is 0 Å². The zero-order chi connectivity index (χ0) is 21.8. The Morgan fingerprint density at radius 3 is 1.97 bits per heavy atom. The van der Waals surface area contributed by atoms with Crippen LogP contribution in [0.3, 0.4) is 0 Å². The van der Waals surface area contributed by atoms with E-state index >= 15 is 0 Å². The second-order valence-electron chi connectivity index (χ2n) is 6.80. The van der Waals surface area contributed by atoms with Crippen LogP contribution in [0, 0.1) is 0 Å². The topological polar surface area (TPSA) is 47.3 Å². The third-order valence-electron chi connectivity index (χ3n) is 4.67. The van der Waals surface area contributed by atoms with Gasteiger partial charge in [-0.05, 0) is 59.7 Å². The van der Waals surface area contributed by atoms with Crippen LogP contribution in [-0.2, 0) is 0 Å². The van der Waals surface area contributed by atoms with Gasteiger partial charge in [0.1, 0.15) is 16.9 Å². The monoisotopic (exact) mass is 446 g/mol. The number of carbonyl (C=O) groups excluding carboxylic acids is 1. The Balaban J connectivity index is 1.78. The van der Waals surface area contributed by atoms with Gasteiger partial charge in [0.05, 0.1) is 5.39 Å². The lowest BCUT2D eigenvalue weighted by Gasteiger charge is -2.05. The van der Waals surface area contributed by atoms with Crippen molar-refractivity contribution in [3.63, 3.8) is 0 Å². The number of para-hydroxylation sites is 1. The van der Waals surface area contributed by atoms with Crippen LogP contribution in [0.25, 0.3) is 29.2 Å². The van der Waals surface area contributed by atoms with Crippen LogP contribution in [0.2, 0.25) is 10.0 Å². The van der Waals surface area contributed by atoms with Crippen LogP contribution in [0.4, 0.5) is 0 Å². The quantitative estimate of drug-likeness (QED) is 0.241. The third kappa shape index (κ3) is 4.85. The fraction of sp³-hybridized carbons (Fsp3) is 0. The van der Waals surface area contributed by atoms with E-state index in [-0.39, 0.29) is 16.8 Å². The Labute approximate surface area is 188 Å². The SMILES string of the molecule is O=C(/C=C/c1ccc(Cl)cc1)c1c(/C=C/c2ccc(Cl)cc2)oc2ccccc2c1=O. The summed E-state index contributed by atoms with van der Waals surface area (Å²) in [7, 11) is 0. The molecule has 0 fully saturated rings. The maximum Gasteiger partial charge on any atom is 0.204 e. The van der Waals surface area contributed by atoms with Crippen molar-refractivity contribution in [1.82, 2.24) is 0 Å². The molecular weight excluding hydrogens is 431 g/mol. The Morgan fingerprint density at radius 1 is 0.742 bits per heavy atom. The van der Waals surface area contributed by atoms with E-state index in [4.69, 9.17) is 27.6 Å². The van der Waals surface area contributed by atoms with Crippen molar-refractivity contribution in [3.05, 3.63) is 122 Å². The summed E-state index contributed by atoms with van der Waals surface area (Å²) in [6, 6.07) is 21.1. The predicted octanol–water partition coefficient (Wildman–Crippen LogP) is 7.17. The summed E-state index contributed by atoms with van der Waals surface area (Å²) >= 11 is 11.8. The van der Waals surface area contributed by atoms with Gasteiger partial charge < -0.3 is 4.42 Å². The standard InChI is InChI=1S/C26H16Cl2O3/c27-19-11-5-17(6-12-19)9-15-22(29)25-24(16-10-18-7-13-20(28)14-8-18)31-23-4-2-1-3-21(23)26(25)30/h1-16H/b15-9+,16-10+. The van der Waals surface area contributed by atoms with E-state index in [1.807, 2.05) is 12.1 Å². The average Bonchev–Trinajstić information content (AvgIpc) is 2.78. The van der Waals surface area contributed by atoms with Gasteiger partial charge in [0.2, 0.25) is 5.43 Å². The molecule has 0 N–H and O–H groups in total. The molecular formula is C26H16Cl2O3. The number of hydrogen-bond acceptors (Lipinski definition) is 3. The summed E-state index contributed by atoms with van der Waals surface area (Å²) in [5.74, 6) is -0.241. The van der Waals surface area contributed by atoms with Crippen molar-refractivity contribution in [2.24, 2.45) is 0 Å². The Hall–Kier alpha value is -3.40. The van der Waals surface area contributed by atoms with E-state index in [9.17, 15) is 9.59 Å². The summed E-state index contributed by atoms with van der Waals surface area (Å²) in [6.45, 7) is 0. The van der Waals surface area contributed by atoms with Crippen LogP contribution in [0.1, 0.15) is 27.2 Å². The van der Waals surface area contributed by atoms with Gasteiger partial charge in [-0.3, -0.25) is 9.59 Å². The van der Waals surface area contributed by atoms with E-state index in [1.54, 1.807) is 78.9 Å². The second kappa shape index (κ2) is 9.17. The number of hydrogen-bond donors (Lipinski definition) is 0. The molecule has 4 aromatic rings. The highest BCUT2D eigenvalue weighted by Crippen LogP contribution is 2.20. The zero-order valence-electron chi connectivity index (χ0n) is 16.2. The first-order chi connectivity index (χ1) is 15.0. The minimum atomic E-state index is -0.440. The van der Waals surface area contributed by atoms with Crippen molar-refractivity contribution in [3.8, 4) is 0 Å². The van der Waals surface area contributed by atoms with Crippen LogP contribution in [0.15, 0.2) is 88.1 Å². The summed E-state index contributed by atoms with van der Waals surface area (Å²) < 4.78 is 5.92. The Morgan fingerprint density at radius 2 is 1.32 bits per heavy atom. The summed E-state index contributed by atoms with van der Waals surface area (Å²) in [4.78, 5) is 26.1. The van der Waals surface area contributed by atoms with E-state index in [1.165, 1.54) is 6.08 Å². The molecule has 0 aliphatic heterocycles. The molecule has 0 radical (unpaired) electrons. The molecule has 1 heterocycles. The lowest BCUT2D eigenvalue weighted by atomic mass is 10.0. The number of benzene rings is 3. The highest BCUT2D eigenvalue weighted by molar-refractivity contribution is 6.30. The van der Waals surface area contributed by atoms with Crippen LogP contribution >= 0.6 is 23.2 Å². The normalized spacial score (nSPS) is 11.5. The molecule has 0 spiro atoms. The highest BCUT2D eigenvalue weighted by atomic mass is 35.5. The fourth-order valence-electron chi connectivity index (χ4n) is 3.08. The van der Waals surface area contributed by atoms with Crippen LogP contribution in [-0.4, -0.2) is 5.78 Å². The van der Waals surface area contributed by atoms with Crippen LogP contribution < -0.4 is 5.43 Å². The number of ketones is 1. The first kappa shape index (κ1) is 20.9. The zero-order valence-corrected chi connectivity index (χ0v) is 17.7. The van der Waals surface area contributed by atoms with Gasteiger partial charge in [-0.2, -0.15) is 0 Å². The van der Waals surface area contributed by atoms with Crippen molar-refractivity contribution < 1.29 is 9.21 Å². The third-order valence-corrected chi connectivity index (χ3v) is 5.17. The Kier molecular flexibility index (Phi) is 6.17. The largest absolute Gasteiger partial charge is 0.456 e. The molecule has 0 atom stereocenters. The van der Waals surface area contributed by atoms with Gasteiger partial charge in [-0.15, -0.1) is 0 Å². The second-order valence-corrected chi connectivity index (χ2v) is 7.67. The van der Waals surface area contributed by atoms with Gasteiger partial charge in [-0.1, -0.05) is 71.8 Å².